The van der Waals surface area contributed by atoms with Crippen molar-refractivity contribution >= 4 is 52.2 Å². The molecule has 2 amide bonds. The first kappa shape index (κ1) is 25.6. The van der Waals surface area contributed by atoms with Gasteiger partial charge in [0.15, 0.2) is 0 Å². The van der Waals surface area contributed by atoms with Crippen molar-refractivity contribution in [1.82, 2.24) is 9.63 Å². The molecule has 9 heteroatoms. The Hall–Kier alpha value is -3.69. The second kappa shape index (κ2) is 10.8. The van der Waals surface area contributed by atoms with Crippen molar-refractivity contribution in [3.63, 3.8) is 0 Å². The maximum Gasteiger partial charge on any atom is 0.334 e. The average molecular weight is 559 g/mol. The van der Waals surface area contributed by atoms with Crippen molar-refractivity contribution in [2.75, 3.05) is 12.9 Å². The summed E-state index contributed by atoms with van der Waals surface area (Å²) in [7, 11) is 1.67. The van der Waals surface area contributed by atoms with Crippen LogP contribution in [-0.4, -0.2) is 40.3 Å². The van der Waals surface area contributed by atoms with Gasteiger partial charge in [-0.1, -0.05) is 48.5 Å². The predicted molar refractivity (Wildman–Crippen MR) is 152 cm³/mol. The molecule has 0 spiro atoms. The van der Waals surface area contributed by atoms with Gasteiger partial charge in [0.1, 0.15) is 5.75 Å². The number of rotatable bonds is 8. The van der Waals surface area contributed by atoms with E-state index in [9.17, 15) is 14.4 Å². The van der Waals surface area contributed by atoms with E-state index in [1.807, 2.05) is 12.1 Å². The molecule has 4 aromatic rings. The molecule has 1 saturated heterocycles. The van der Waals surface area contributed by atoms with Crippen LogP contribution in [0.4, 0.5) is 0 Å². The summed E-state index contributed by atoms with van der Waals surface area (Å²) in [5.41, 5.74) is 5.96. The van der Waals surface area contributed by atoms with E-state index in [2.05, 4.69) is 65.2 Å². The van der Waals surface area contributed by atoms with Crippen LogP contribution in [0.25, 0.3) is 22.2 Å². The maximum absolute atomic E-state index is 12.4. The van der Waals surface area contributed by atoms with Gasteiger partial charge in [-0.15, -0.1) is 28.6 Å². The van der Waals surface area contributed by atoms with Gasteiger partial charge in [-0.3, -0.25) is 9.59 Å². The highest BCUT2D eigenvalue weighted by Crippen LogP contribution is 2.56. The Morgan fingerprint density at radius 1 is 0.974 bits per heavy atom. The van der Waals surface area contributed by atoms with Gasteiger partial charge in [0, 0.05) is 52.1 Å². The third kappa shape index (κ3) is 4.92. The van der Waals surface area contributed by atoms with E-state index >= 15 is 0 Å². The molecule has 6 rings (SSSR count). The Morgan fingerprint density at radius 3 is 2.46 bits per heavy atom. The van der Waals surface area contributed by atoms with Crippen LogP contribution in [0.1, 0.15) is 35.0 Å². The summed E-state index contributed by atoms with van der Waals surface area (Å²) in [6, 6.07) is 25.1. The molecule has 3 heterocycles. The molecule has 1 unspecified atom stereocenters. The Kier molecular flexibility index (Phi) is 7.10. The molecule has 0 radical (unpaired) electrons. The highest BCUT2D eigenvalue weighted by Gasteiger charge is 2.34. The van der Waals surface area contributed by atoms with Gasteiger partial charge in [0.05, 0.1) is 23.8 Å². The number of hydroxylamine groups is 2. The Balaban J connectivity index is 1.31. The Bertz CT molecular complexity index is 1560. The summed E-state index contributed by atoms with van der Waals surface area (Å²) in [4.78, 5) is 42.3. The number of aromatic nitrogens is 1. The summed E-state index contributed by atoms with van der Waals surface area (Å²) < 4.78 is 7.79. The lowest BCUT2D eigenvalue weighted by molar-refractivity contribution is -0.197. The third-order valence-corrected chi connectivity index (χ3v) is 9.63. The maximum atomic E-state index is 12.4. The van der Waals surface area contributed by atoms with Gasteiger partial charge in [-0.05, 0) is 29.8 Å². The summed E-state index contributed by atoms with van der Waals surface area (Å²) in [6.45, 7) is 0.709. The second-order valence-corrected chi connectivity index (χ2v) is 12.0. The minimum atomic E-state index is -0.575. The number of hydrogen-bond donors (Lipinski definition) is 0. The van der Waals surface area contributed by atoms with Gasteiger partial charge in [0.2, 0.25) is 0 Å². The predicted octanol–water partition coefficient (Wildman–Crippen LogP) is 6.20. The first-order chi connectivity index (χ1) is 19.0. The van der Waals surface area contributed by atoms with Crippen molar-refractivity contribution in [3.05, 3.63) is 83.9 Å². The van der Waals surface area contributed by atoms with Gasteiger partial charge in [0.25, 0.3) is 11.8 Å². The van der Waals surface area contributed by atoms with E-state index in [4.69, 9.17) is 9.57 Å². The van der Waals surface area contributed by atoms with E-state index in [-0.39, 0.29) is 23.8 Å². The Morgan fingerprint density at radius 2 is 1.69 bits per heavy atom. The van der Waals surface area contributed by atoms with Crippen LogP contribution >= 0.6 is 23.5 Å². The number of amides is 2. The number of benzene rings is 3. The van der Waals surface area contributed by atoms with Crippen LogP contribution in [0.3, 0.4) is 0 Å². The number of carbonyl (C=O) groups is 3. The van der Waals surface area contributed by atoms with Crippen LogP contribution in [0.5, 0.6) is 5.75 Å². The standard InChI is InChI=1S/C30H26N2O5S2/c1-36-20-12-10-19(11-13-20)18-31-23-8-4-2-6-21(23)28-29(31)22-7-3-5-9-24(22)39-30(28)38-17-16-27(35)37-32-25(33)14-15-26(32)34/h2-13,30H,14-18H2,1H3. The Labute approximate surface area is 234 Å². The van der Waals surface area contributed by atoms with E-state index in [0.29, 0.717) is 17.4 Å². The van der Waals surface area contributed by atoms with Crippen molar-refractivity contribution in [2.24, 2.45) is 0 Å². The second-order valence-electron chi connectivity index (χ2n) is 9.33. The van der Waals surface area contributed by atoms with E-state index in [1.54, 1.807) is 30.6 Å². The molecule has 3 aromatic carbocycles. The van der Waals surface area contributed by atoms with Gasteiger partial charge in [-0.25, -0.2) is 4.79 Å². The monoisotopic (exact) mass is 558 g/mol. The fourth-order valence-corrected chi connectivity index (χ4v) is 7.86. The normalized spacial score (nSPS) is 16.3. The van der Waals surface area contributed by atoms with Crippen molar-refractivity contribution in [3.8, 4) is 17.0 Å². The SMILES string of the molecule is COc1ccc(Cn2c3c(c4ccccc42)C(SCCC(=O)ON2C(=O)CCC2=O)Sc2ccccc2-3)cc1. The molecular weight excluding hydrogens is 532 g/mol. The summed E-state index contributed by atoms with van der Waals surface area (Å²) >= 11 is 3.46. The van der Waals surface area contributed by atoms with Gasteiger partial charge >= 0.3 is 5.97 Å². The zero-order valence-electron chi connectivity index (χ0n) is 21.3. The zero-order valence-corrected chi connectivity index (χ0v) is 22.9. The molecule has 39 heavy (non-hydrogen) atoms. The number of thioether (sulfide) groups is 2. The number of fused-ring (bicyclic) bond motifs is 5. The number of nitrogens with zero attached hydrogens (tertiary/aromatic N) is 2. The number of ether oxygens (including phenoxy) is 1. The highest BCUT2D eigenvalue weighted by atomic mass is 32.2. The molecule has 0 aliphatic carbocycles. The smallest absolute Gasteiger partial charge is 0.334 e. The van der Waals surface area contributed by atoms with Crippen LogP contribution < -0.4 is 4.74 Å². The molecule has 2 aliphatic heterocycles. The topological polar surface area (TPSA) is 77.8 Å². The number of para-hydroxylation sites is 1. The molecule has 198 valence electrons. The third-order valence-electron chi connectivity index (χ3n) is 6.90. The van der Waals surface area contributed by atoms with E-state index < -0.39 is 17.8 Å². The summed E-state index contributed by atoms with van der Waals surface area (Å²) in [6.07, 6.45) is 0.269. The molecule has 0 N–H and O–H groups in total. The molecule has 7 nitrogen and oxygen atoms in total. The molecular formula is C30H26N2O5S2. The molecule has 1 atom stereocenters. The first-order valence-corrected chi connectivity index (χ1v) is 14.6. The molecule has 1 fully saturated rings. The lowest BCUT2D eigenvalue weighted by Crippen LogP contribution is -2.32. The highest BCUT2D eigenvalue weighted by molar-refractivity contribution is 8.16. The lowest BCUT2D eigenvalue weighted by atomic mass is 10.1. The molecule has 0 bridgehead atoms. The van der Waals surface area contributed by atoms with Crippen LogP contribution in [0.15, 0.2) is 77.7 Å². The first-order valence-electron chi connectivity index (χ1n) is 12.7. The van der Waals surface area contributed by atoms with Gasteiger partial charge < -0.3 is 14.1 Å². The molecule has 2 aliphatic rings. The minimum absolute atomic E-state index is 0.0553. The molecule has 1 aromatic heterocycles. The fourth-order valence-electron chi connectivity index (χ4n) is 5.05. The fraction of sp³-hybridized carbons (Fsp3) is 0.233. The van der Waals surface area contributed by atoms with Crippen LogP contribution in [0, 0.1) is 0 Å². The zero-order chi connectivity index (χ0) is 26.9. The van der Waals surface area contributed by atoms with Crippen molar-refractivity contribution in [1.29, 1.82) is 0 Å². The van der Waals surface area contributed by atoms with Crippen LogP contribution in [0.2, 0.25) is 0 Å². The van der Waals surface area contributed by atoms with Crippen LogP contribution in [-0.2, 0) is 25.8 Å². The number of imide groups is 1. The quantitative estimate of drug-likeness (QED) is 0.238. The van der Waals surface area contributed by atoms with E-state index in [0.717, 1.165) is 11.3 Å². The van der Waals surface area contributed by atoms with Gasteiger partial charge in [-0.2, -0.15) is 0 Å². The van der Waals surface area contributed by atoms with E-state index in [1.165, 1.54) is 32.7 Å². The summed E-state index contributed by atoms with van der Waals surface area (Å²) in [5, 5.41) is 1.81. The van der Waals surface area contributed by atoms with Crippen molar-refractivity contribution < 1.29 is 24.0 Å². The minimum Gasteiger partial charge on any atom is -0.497 e. The number of hydrogen-bond acceptors (Lipinski definition) is 7. The molecule has 0 saturated carbocycles. The largest absolute Gasteiger partial charge is 0.497 e. The number of methoxy groups -OCH3 is 1. The average Bonchev–Trinajstić information content (AvgIpc) is 3.46. The lowest BCUT2D eigenvalue weighted by Gasteiger charge is -2.26. The number of carbonyl (C=O) groups excluding carboxylic acids is 3. The van der Waals surface area contributed by atoms with Crippen molar-refractivity contribution in [2.45, 2.75) is 35.3 Å². The summed E-state index contributed by atoms with van der Waals surface area (Å²) in [5.74, 6) is -0.181.